The summed E-state index contributed by atoms with van der Waals surface area (Å²) < 4.78 is 10.7. The van der Waals surface area contributed by atoms with E-state index in [0.717, 1.165) is 4.90 Å². The zero-order valence-corrected chi connectivity index (χ0v) is 12.7. The minimum atomic E-state index is -1.19. The highest BCUT2D eigenvalue weighted by Gasteiger charge is 2.43. The standard InChI is InChI=1S/C15H18O4S/c1-4-18-14(17)15(2,3)13(16)11-9-20-12-8-6-5-7-10(12)19-11/h5-8,11H,4,9H2,1-3H3. The van der Waals surface area contributed by atoms with E-state index in [-0.39, 0.29) is 12.4 Å². The summed E-state index contributed by atoms with van der Waals surface area (Å²) in [5.74, 6) is 0.468. The van der Waals surface area contributed by atoms with E-state index in [9.17, 15) is 9.59 Å². The molecule has 0 aliphatic carbocycles. The van der Waals surface area contributed by atoms with Crippen molar-refractivity contribution in [2.24, 2.45) is 5.41 Å². The Morgan fingerprint density at radius 3 is 2.80 bits per heavy atom. The lowest BCUT2D eigenvalue weighted by Crippen LogP contribution is -2.45. The highest BCUT2D eigenvalue weighted by molar-refractivity contribution is 7.99. The first-order valence-electron chi connectivity index (χ1n) is 6.57. The summed E-state index contributed by atoms with van der Waals surface area (Å²) in [6, 6.07) is 7.58. The fourth-order valence-corrected chi connectivity index (χ4v) is 2.95. The van der Waals surface area contributed by atoms with E-state index in [2.05, 4.69) is 0 Å². The molecule has 20 heavy (non-hydrogen) atoms. The molecule has 5 heteroatoms. The van der Waals surface area contributed by atoms with Crippen LogP contribution in [-0.4, -0.2) is 30.2 Å². The van der Waals surface area contributed by atoms with Crippen LogP contribution in [0, 0.1) is 5.41 Å². The number of thioether (sulfide) groups is 1. The van der Waals surface area contributed by atoms with Crippen LogP contribution in [-0.2, 0) is 14.3 Å². The van der Waals surface area contributed by atoms with Crippen molar-refractivity contribution in [2.45, 2.75) is 31.8 Å². The monoisotopic (exact) mass is 294 g/mol. The van der Waals surface area contributed by atoms with Crippen LogP contribution in [0.1, 0.15) is 20.8 Å². The van der Waals surface area contributed by atoms with Crippen molar-refractivity contribution in [3.8, 4) is 5.75 Å². The molecule has 2 rings (SSSR count). The molecule has 0 fully saturated rings. The number of fused-ring (bicyclic) bond motifs is 1. The summed E-state index contributed by atoms with van der Waals surface area (Å²) in [6.07, 6.45) is -0.616. The van der Waals surface area contributed by atoms with E-state index in [1.165, 1.54) is 0 Å². The Labute approximate surface area is 122 Å². The van der Waals surface area contributed by atoms with Gasteiger partial charge in [0, 0.05) is 10.6 Å². The number of carbonyl (C=O) groups is 2. The highest BCUT2D eigenvalue weighted by Crippen LogP contribution is 2.37. The maximum atomic E-state index is 12.5. The zero-order valence-electron chi connectivity index (χ0n) is 11.8. The van der Waals surface area contributed by atoms with Crippen LogP contribution in [0.5, 0.6) is 5.75 Å². The van der Waals surface area contributed by atoms with Crippen LogP contribution in [0.15, 0.2) is 29.2 Å². The maximum Gasteiger partial charge on any atom is 0.319 e. The van der Waals surface area contributed by atoms with Gasteiger partial charge in [-0.15, -0.1) is 11.8 Å². The Balaban J connectivity index is 2.13. The van der Waals surface area contributed by atoms with Crippen molar-refractivity contribution in [2.75, 3.05) is 12.4 Å². The lowest BCUT2D eigenvalue weighted by Gasteiger charge is -2.30. The molecule has 0 radical (unpaired) electrons. The predicted molar refractivity (Wildman–Crippen MR) is 77.0 cm³/mol. The van der Waals surface area contributed by atoms with Crippen molar-refractivity contribution in [3.05, 3.63) is 24.3 Å². The van der Waals surface area contributed by atoms with Crippen LogP contribution in [0.3, 0.4) is 0 Å². The Kier molecular flexibility index (Phi) is 4.38. The molecule has 0 saturated heterocycles. The van der Waals surface area contributed by atoms with E-state index >= 15 is 0 Å². The van der Waals surface area contributed by atoms with Gasteiger partial charge in [0.05, 0.1) is 6.61 Å². The van der Waals surface area contributed by atoms with E-state index in [1.807, 2.05) is 24.3 Å². The van der Waals surface area contributed by atoms with Gasteiger partial charge in [-0.2, -0.15) is 0 Å². The molecule has 0 bridgehead atoms. The highest BCUT2D eigenvalue weighted by atomic mass is 32.2. The quantitative estimate of drug-likeness (QED) is 0.631. The van der Waals surface area contributed by atoms with Crippen molar-refractivity contribution in [1.82, 2.24) is 0 Å². The van der Waals surface area contributed by atoms with Crippen LogP contribution < -0.4 is 4.74 Å². The molecule has 1 atom stereocenters. The zero-order chi connectivity index (χ0) is 14.8. The van der Waals surface area contributed by atoms with Gasteiger partial charge in [-0.1, -0.05) is 12.1 Å². The molecular formula is C15H18O4S. The minimum absolute atomic E-state index is 0.238. The maximum absolute atomic E-state index is 12.5. The minimum Gasteiger partial charge on any atom is -0.481 e. The molecule has 0 amide bonds. The number of carbonyl (C=O) groups excluding carboxylic acids is 2. The number of rotatable bonds is 4. The first-order valence-corrected chi connectivity index (χ1v) is 7.55. The van der Waals surface area contributed by atoms with E-state index in [1.54, 1.807) is 32.5 Å². The number of ketones is 1. The van der Waals surface area contributed by atoms with Crippen LogP contribution in [0.2, 0.25) is 0 Å². The van der Waals surface area contributed by atoms with Gasteiger partial charge in [-0.05, 0) is 32.9 Å². The second-order valence-corrected chi connectivity index (χ2v) is 6.14. The summed E-state index contributed by atoms with van der Waals surface area (Å²) >= 11 is 1.57. The molecule has 1 aromatic carbocycles. The largest absolute Gasteiger partial charge is 0.481 e. The molecule has 1 aliphatic heterocycles. The van der Waals surface area contributed by atoms with Gasteiger partial charge in [0.2, 0.25) is 0 Å². The van der Waals surface area contributed by atoms with Crippen LogP contribution >= 0.6 is 11.8 Å². The van der Waals surface area contributed by atoms with Crippen molar-refractivity contribution >= 4 is 23.5 Å². The van der Waals surface area contributed by atoms with E-state index in [4.69, 9.17) is 9.47 Å². The molecule has 0 N–H and O–H groups in total. The molecule has 0 saturated carbocycles. The molecule has 0 aromatic heterocycles. The topological polar surface area (TPSA) is 52.6 Å². The van der Waals surface area contributed by atoms with Gasteiger partial charge < -0.3 is 9.47 Å². The number of hydrogen-bond donors (Lipinski definition) is 0. The van der Waals surface area contributed by atoms with Crippen molar-refractivity contribution in [3.63, 3.8) is 0 Å². The molecule has 1 heterocycles. The predicted octanol–water partition coefficient (Wildman–Crippen LogP) is 2.70. The number of esters is 1. The molecule has 108 valence electrons. The Bertz CT molecular complexity index is 524. The van der Waals surface area contributed by atoms with E-state index < -0.39 is 17.5 Å². The third-order valence-electron chi connectivity index (χ3n) is 3.20. The van der Waals surface area contributed by atoms with Crippen LogP contribution in [0.4, 0.5) is 0 Å². The fraction of sp³-hybridized carbons (Fsp3) is 0.467. The molecule has 1 aliphatic rings. The number of ether oxygens (including phenoxy) is 2. The molecule has 1 aromatic rings. The summed E-state index contributed by atoms with van der Waals surface area (Å²) in [5, 5.41) is 0. The number of hydrogen-bond acceptors (Lipinski definition) is 5. The summed E-state index contributed by atoms with van der Waals surface area (Å²) in [4.78, 5) is 25.4. The number of Topliss-reactive ketones (excluding diaryl/α,β-unsaturated/α-hetero) is 1. The van der Waals surface area contributed by atoms with Gasteiger partial charge in [0.1, 0.15) is 11.2 Å². The third kappa shape index (κ3) is 2.82. The molecule has 1 unspecified atom stereocenters. The van der Waals surface area contributed by atoms with Gasteiger partial charge in [0.25, 0.3) is 0 Å². The second kappa shape index (κ2) is 5.87. The Morgan fingerprint density at radius 1 is 1.40 bits per heavy atom. The lowest BCUT2D eigenvalue weighted by molar-refractivity contribution is -0.159. The smallest absolute Gasteiger partial charge is 0.319 e. The van der Waals surface area contributed by atoms with Gasteiger partial charge in [0.15, 0.2) is 11.9 Å². The Morgan fingerprint density at radius 2 is 2.10 bits per heavy atom. The SMILES string of the molecule is CCOC(=O)C(C)(C)C(=O)C1CSc2ccccc2O1. The Hall–Kier alpha value is -1.49. The number of para-hydroxylation sites is 1. The first-order chi connectivity index (χ1) is 9.46. The number of benzene rings is 1. The summed E-state index contributed by atoms with van der Waals surface area (Å²) in [5.41, 5.74) is -1.19. The summed E-state index contributed by atoms with van der Waals surface area (Å²) in [7, 11) is 0. The molecule has 0 spiro atoms. The van der Waals surface area contributed by atoms with E-state index in [0.29, 0.717) is 11.5 Å². The van der Waals surface area contributed by atoms with Gasteiger partial charge in [-0.25, -0.2) is 0 Å². The summed E-state index contributed by atoms with van der Waals surface area (Å²) in [6.45, 7) is 5.16. The second-order valence-electron chi connectivity index (χ2n) is 5.07. The average Bonchev–Trinajstić information content (AvgIpc) is 2.46. The fourth-order valence-electron chi connectivity index (χ4n) is 1.96. The molecule has 4 nitrogen and oxygen atoms in total. The van der Waals surface area contributed by atoms with Crippen molar-refractivity contribution in [1.29, 1.82) is 0 Å². The molecular weight excluding hydrogens is 276 g/mol. The third-order valence-corrected chi connectivity index (χ3v) is 4.32. The first kappa shape index (κ1) is 14.9. The van der Waals surface area contributed by atoms with Crippen molar-refractivity contribution < 1.29 is 19.1 Å². The van der Waals surface area contributed by atoms with Gasteiger partial charge >= 0.3 is 5.97 Å². The lowest BCUT2D eigenvalue weighted by atomic mass is 9.85. The van der Waals surface area contributed by atoms with Crippen LogP contribution in [0.25, 0.3) is 0 Å². The normalized spacial score (nSPS) is 17.9. The average molecular weight is 294 g/mol. The van der Waals surface area contributed by atoms with Gasteiger partial charge in [-0.3, -0.25) is 9.59 Å².